The Hall–Kier alpha value is -1.22. The van der Waals surface area contributed by atoms with Crippen LogP contribution in [0, 0.1) is 6.92 Å². The second-order valence-electron chi connectivity index (χ2n) is 3.92. The second-order valence-corrected chi connectivity index (χ2v) is 4.18. The molecule has 0 aliphatic carbocycles. The van der Waals surface area contributed by atoms with Crippen LogP contribution in [0.15, 0.2) is 24.3 Å². The summed E-state index contributed by atoms with van der Waals surface area (Å²) in [6.07, 6.45) is 0.799. The highest BCUT2D eigenvalue weighted by atomic mass is 35.5. The van der Waals surface area contributed by atoms with Crippen LogP contribution >= 0.6 is 11.6 Å². The number of amides is 1. The maximum absolute atomic E-state index is 11.2. The molecule has 3 nitrogen and oxygen atoms in total. The number of halogens is 1. The Balaban J connectivity index is 2.25. The van der Waals surface area contributed by atoms with Crippen molar-refractivity contribution in [2.24, 2.45) is 0 Å². The molecule has 0 aromatic heterocycles. The average molecular weight is 256 g/mol. The molecule has 1 aromatic rings. The average Bonchev–Trinajstić information content (AvgIpc) is 2.35. The molecule has 0 radical (unpaired) electrons. The van der Waals surface area contributed by atoms with E-state index in [0.29, 0.717) is 13.2 Å². The Bertz CT molecular complexity index is 368. The quantitative estimate of drug-likeness (QED) is 0.577. The minimum atomic E-state index is -0.0532. The van der Waals surface area contributed by atoms with E-state index in [1.165, 1.54) is 0 Å². The molecule has 0 N–H and O–H groups in total. The number of benzene rings is 1. The predicted molar refractivity (Wildman–Crippen MR) is 69.6 cm³/mol. The second kappa shape index (κ2) is 7.17. The number of hydrogen-bond acceptors (Lipinski definition) is 2. The van der Waals surface area contributed by atoms with E-state index in [2.05, 4.69) is 0 Å². The summed E-state index contributed by atoms with van der Waals surface area (Å²) in [5.74, 6) is 0.885. The third kappa shape index (κ3) is 4.65. The van der Waals surface area contributed by atoms with Crippen LogP contribution in [0.5, 0.6) is 5.75 Å². The topological polar surface area (TPSA) is 29.5 Å². The number of rotatable bonds is 6. The monoisotopic (exact) mass is 255 g/mol. The van der Waals surface area contributed by atoms with Gasteiger partial charge in [0.05, 0.1) is 6.61 Å². The van der Waals surface area contributed by atoms with Gasteiger partial charge in [0.15, 0.2) is 0 Å². The van der Waals surface area contributed by atoms with Gasteiger partial charge in [-0.3, -0.25) is 4.79 Å². The molecule has 0 aliphatic rings. The van der Waals surface area contributed by atoms with Crippen LogP contribution in [-0.4, -0.2) is 36.9 Å². The zero-order chi connectivity index (χ0) is 12.7. The molecule has 0 atom stereocenters. The maximum atomic E-state index is 11.2. The summed E-state index contributed by atoms with van der Waals surface area (Å²) in [7, 11) is 1.75. The summed E-state index contributed by atoms with van der Waals surface area (Å²) < 4.78 is 5.63. The third-order valence-corrected chi connectivity index (χ3v) is 2.76. The van der Waals surface area contributed by atoms with Gasteiger partial charge in [0, 0.05) is 13.6 Å². The largest absolute Gasteiger partial charge is 0.493 e. The lowest BCUT2D eigenvalue weighted by Crippen LogP contribution is -2.29. The molecule has 1 rings (SSSR count). The fourth-order valence-corrected chi connectivity index (χ4v) is 1.63. The highest BCUT2D eigenvalue weighted by molar-refractivity contribution is 6.27. The van der Waals surface area contributed by atoms with Gasteiger partial charge in [-0.2, -0.15) is 0 Å². The summed E-state index contributed by atoms with van der Waals surface area (Å²) in [4.78, 5) is 12.8. The van der Waals surface area contributed by atoms with Crippen LogP contribution in [0.3, 0.4) is 0 Å². The first-order valence-electron chi connectivity index (χ1n) is 5.63. The van der Waals surface area contributed by atoms with Gasteiger partial charge in [-0.25, -0.2) is 0 Å². The molecular formula is C13H18ClNO2. The van der Waals surface area contributed by atoms with Crippen molar-refractivity contribution in [3.63, 3.8) is 0 Å². The standard InChI is InChI=1S/C13H18ClNO2/c1-11-6-3-4-7-12(11)17-9-5-8-15(2)13(16)10-14/h3-4,6-7H,5,8-10H2,1-2H3. The molecular weight excluding hydrogens is 238 g/mol. The van der Waals surface area contributed by atoms with E-state index in [1.807, 2.05) is 31.2 Å². The summed E-state index contributed by atoms with van der Waals surface area (Å²) in [5, 5.41) is 0. The summed E-state index contributed by atoms with van der Waals surface area (Å²) in [6, 6.07) is 7.89. The SMILES string of the molecule is Cc1ccccc1OCCCN(C)C(=O)CCl. The molecule has 4 heteroatoms. The van der Waals surface area contributed by atoms with E-state index in [0.717, 1.165) is 17.7 Å². The number of aryl methyl sites for hydroxylation is 1. The van der Waals surface area contributed by atoms with Gasteiger partial charge in [0.25, 0.3) is 0 Å². The van der Waals surface area contributed by atoms with Crippen LogP contribution in [0.1, 0.15) is 12.0 Å². The lowest BCUT2D eigenvalue weighted by atomic mass is 10.2. The van der Waals surface area contributed by atoms with Crippen molar-refractivity contribution in [3.05, 3.63) is 29.8 Å². The molecule has 0 fully saturated rings. The van der Waals surface area contributed by atoms with Crippen LogP contribution < -0.4 is 4.74 Å². The molecule has 0 heterocycles. The molecule has 0 bridgehead atoms. The van der Waals surface area contributed by atoms with E-state index in [4.69, 9.17) is 16.3 Å². The molecule has 0 aliphatic heterocycles. The van der Waals surface area contributed by atoms with Crippen molar-refractivity contribution in [2.45, 2.75) is 13.3 Å². The van der Waals surface area contributed by atoms with E-state index in [-0.39, 0.29) is 11.8 Å². The fraction of sp³-hybridized carbons (Fsp3) is 0.462. The van der Waals surface area contributed by atoms with Crippen molar-refractivity contribution >= 4 is 17.5 Å². The minimum absolute atomic E-state index is 0.0369. The first kappa shape index (κ1) is 13.8. The third-order valence-electron chi connectivity index (χ3n) is 2.53. The zero-order valence-corrected chi connectivity index (χ0v) is 11.0. The van der Waals surface area contributed by atoms with E-state index in [1.54, 1.807) is 11.9 Å². The van der Waals surface area contributed by atoms with Gasteiger partial charge in [0.1, 0.15) is 11.6 Å². The highest BCUT2D eigenvalue weighted by Crippen LogP contribution is 2.16. The van der Waals surface area contributed by atoms with Gasteiger partial charge in [-0.15, -0.1) is 11.6 Å². The van der Waals surface area contributed by atoms with Crippen LogP contribution in [-0.2, 0) is 4.79 Å². The van der Waals surface area contributed by atoms with E-state index >= 15 is 0 Å². The van der Waals surface area contributed by atoms with Crippen LogP contribution in [0.25, 0.3) is 0 Å². The van der Waals surface area contributed by atoms with Crippen LogP contribution in [0.2, 0.25) is 0 Å². The van der Waals surface area contributed by atoms with Gasteiger partial charge in [-0.1, -0.05) is 18.2 Å². The zero-order valence-electron chi connectivity index (χ0n) is 10.3. The normalized spacial score (nSPS) is 10.1. The van der Waals surface area contributed by atoms with Crippen LogP contribution in [0.4, 0.5) is 0 Å². The highest BCUT2D eigenvalue weighted by Gasteiger charge is 2.06. The molecule has 0 saturated carbocycles. The number of alkyl halides is 1. The van der Waals surface area contributed by atoms with Gasteiger partial charge in [0.2, 0.25) is 5.91 Å². The molecule has 1 amide bonds. The Morgan fingerprint density at radius 1 is 1.41 bits per heavy atom. The molecule has 17 heavy (non-hydrogen) atoms. The number of carbonyl (C=O) groups excluding carboxylic acids is 1. The molecule has 1 aromatic carbocycles. The van der Waals surface area contributed by atoms with Crippen molar-refractivity contribution in [2.75, 3.05) is 26.1 Å². The molecule has 0 spiro atoms. The van der Waals surface area contributed by atoms with Crippen molar-refractivity contribution in [1.82, 2.24) is 4.90 Å². The van der Waals surface area contributed by atoms with Crippen molar-refractivity contribution < 1.29 is 9.53 Å². The summed E-state index contributed by atoms with van der Waals surface area (Å²) in [5.41, 5.74) is 1.12. The summed E-state index contributed by atoms with van der Waals surface area (Å²) >= 11 is 5.45. The van der Waals surface area contributed by atoms with Gasteiger partial charge >= 0.3 is 0 Å². The number of ether oxygens (including phenoxy) is 1. The first-order chi connectivity index (χ1) is 8.15. The Morgan fingerprint density at radius 2 is 2.12 bits per heavy atom. The number of nitrogens with zero attached hydrogens (tertiary/aromatic N) is 1. The molecule has 94 valence electrons. The van der Waals surface area contributed by atoms with Crippen molar-refractivity contribution in [1.29, 1.82) is 0 Å². The number of para-hydroxylation sites is 1. The Kier molecular flexibility index (Phi) is 5.84. The molecule has 0 unspecified atom stereocenters. The van der Waals surface area contributed by atoms with E-state index in [9.17, 15) is 4.79 Å². The smallest absolute Gasteiger partial charge is 0.237 e. The fourth-order valence-electron chi connectivity index (χ4n) is 1.43. The van der Waals surface area contributed by atoms with Crippen molar-refractivity contribution in [3.8, 4) is 5.75 Å². The lowest BCUT2D eigenvalue weighted by Gasteiger charge is -2.16. The van der Waals surface area contributed by atoms with Gasteiger partial charge in [-0.05, 0) is 25.0 Å². The molecule has 0 saturated heterocycles. The Morgan fingerprint density at radius 3 is 2.76 bits per heavy atom. The predicted octanol–water partition coefficient (Wildman–Crippen LogP) is 2.46. The number of carbonyl (C=O) groups is 1. The number of hydrogen-bond donors (Lipinski definition) is 0. The van der Waals surface area contributed by atoms with E-state index < -0.39 is 0 Å². The Labute approximate surface area is 107 Å². The minimum Gasteiger partial charge on any atom is -0.493 e. The van der Waals surface area contributed by atoms with Gasteiger partial charge < -0.3 is 9.64 Å². The maximum Gasteiger partial charge on any atom is 0.237 e. The first-order valence-corrected chi connectivity index (χ1v) is 6.17. The lowest BCUT2D eigenvalue weighted by molar-refractivity contribution is -0.127. The summed E-state index contributed by atoms with van der Waals surface area (Å²) in [6.45, 7) is 3.28.